The van der Waals surface area contributed by atoms with E-state index in [0.29, 0.717) is 25.2 Å². The molecule has 0 aliphatic carbocycles. The van der Waals surface area contributed by atoms with Gasteiger partial charge in [-0.05, 0) is 35.7 Å². The molecule has 2 aromatic rings. The number of nitrogens with one attached hydrogen (secondary N) is 2. The monoisotopic (exact) mass is 384 g/mol. The van der Waals surface area contributed by atoms with Crippen molar-refractivity contribution in [1.29, 1.82) is 0 Å². The molecule has 1 aliphatic heterocycles. The highest BCUT2D eigenvalue weighted by Gasteiger charge is 2.31. The van der Waals surface area contributed by atoms with Crippen LogP contribution in [0.3, 0.4) is 0 Å². The Morgan fingerprint density at radius 1 is 1.14 bits per heavy atom. The van der Waals surface area contributed by atoms with Crippen LogP contribution in [0.1, 0.15) is 29.6 Å². The van der Waals surface area contributed by atoms with Gasteiger partial charge in [-0.2, -0.15) is 0 Å². The molecule has 2 aromatic carbocycles. The third-order valence-electron chi connectivity index (χ3n) is 4.90. The van der Waals surface area contributed by atoms with Crippen LogP contribution in [0.25, 0.3) is 10.8 Å². The van der Waals surface area contributed by atoms with Crippen molar-refractivity contribution in [3.05, 3.63) is 48.0 Å². The SMILES string of the molecule is O=C(CCNC(=O)c1ccc2ccccc2c1)NC(C(=O)O)C1CCCOC1. The average molecular weight is 384 g/mol. The van der Waals surface area contributed by atoms with E-state index in [0.717, 1.165) is 17.2 Å². The van der Waals surface area contributed by atoms with Gasteiger partial charge in [0.15, 0.2) is 0 Å². The second-order valence-electron chi connectivity index (χ2n) is 6.93. The fourth-order valence-electron chi connectivity index (χ4n) is 3.38. The van der Waals surface area contributed by atoms with E-state index in [4.69, 9.17) is 4.74 Å². The minimum Gasteiger partial charge on any atom is -0.480 e. The molecule has 7 heteroatoms. The summed E-state index contributed by atoms with van der Waals surface area (Å²) in [7, 11) is 0. The van der Waals surface area contributed by atoms with Gasteiger partial charge in [-0.3, -0.25) is 9.59 Å². The topological polar surface area (TPSA) is 105 Å². The molecule has 3 rings (SSSR count). The number of amides is 2. The maximum atomic E-state index is 12.3. The number of carboxylic acid groups (broad SMARTS) is 1. The molecule has 0 bridgehead atoms. The van der Waals surface area contributed by atoms with Crippen LogP contribution in [0, 0.1) is 5.92 Å². The van der Waals surface area contributed by atoms with Gasteiger partial charge in [-0.25, -0.2) is 4.79 Å². The van der Waals surface area contributed by atoms with Crippen molar-refractivity contribution in [2.75, 3.05) is 19.8 Å². The molecule has 2 atom stereocenters. The molecule has 1 aliphatic rings. The first-order valence-electron chi connectivity index (χ1n) is 9.41. The van der Waals surface area contributed by atoms with Crippen LogP contribution < -0.4 is 10.6 Å². The van der Waals surface area contributed by atoms with Crippen LogP contribution in [0.2, 0.25) is 0 Å². The van der Waals surface area contributed by atoms with E-state index < -0.39 is 17.9 Å². The van der Waals surface area contributed by atoms with E-state index in [1.165, 1.54) is 0 Å². The zero-order valence-corrected chi connectivity index (χ0v) is 15.5. The molecule has 0 saturated carbocycles. The predicted octanol–water partition coefficient (Wildman–Crippen LogP) is 1.96. The van der Waals surface area contributed by atoms with Gasteiger partial charge in [-0.15, -0.1) is 0 Å². The molecule has 0 aromatic heterocycles. The summed E-state index contributed by atoms with van der Waals surface area (Å²) < 4.78 is 5.32. The van der Waals surface area contributed by atoms with E-state index in [9.17, 15) is 19.5 Å². The number of carboxylic acids is 1. The Kier molecular flexibility index (Phi) is 6.60. The predicted molar refractivity (Wildman–Crippen MR) is 104 cm³/mol. The fourth-order valence-corrected chi connectivity index (χ4v) is 3.38. The lowest BCUT2D eigenvalue weighted by Gasteiger charge is -2.28. The number of rotatable bonds is 7. The van der Waals surface area contributed by atoms with Crippen molar-refractivity contribution in [3.8, 4) is 0 Å². The normalized spacial score (nSPS) is 17.6. The highest BCUT2D eigenvalue weighted by atomic mass is 16.5. The van der Waals surface area contributed by atoms with E-state index in [2.05, 4.69) is 10.6 Å². The number of fused-ring (bicyclic) bond motifs is 1. The summed E-state index contributed by atoms with van der Waals surface area (Å²) in [6, 6.07) is 12.2. The zero-order valence-electron chi connectivity index (χ0n) is 15.5. The number of carbonyl (C=O) groups excluding carboxylic acids is 2. The summed E-state index contributed by atoms with van der Waals surface area (Å²) in [6.45, 7) is 1.08. The lowest BCUT2D eigenvalue weighted by Crippen LogP contribution is -2.48. The summed E-state index contributed by atoms with van der Waals surface area (Å²) >= 11 is 0. The Labute approximate surface area is 163 Å². The first-order valence-corrected chi connectivity index (χ1v) is 9.41. The van der Waals surface area contributed by atoms with Gasteiger partial charge in [0.1, 0.15) is 6.04 Å². The quantitative estimate of drug-likeness (QED) is 0.677. The van der Waals surface area contributed by atoms with E-state index >= 15 is 0 Å². The van der Waals surface area contributed by atoms with Crippen molar-refractivity contribution < 1.29 is 24.2 Å². The molecule has 3 N–H and O–H groups in total. The zero-order chi connectivity index (χ0) is 19.9. The third-order valence-corrected chi connectivity index (χ3v) is 4.90. The van der Waals surface area contributed by atoms with Gasteiger partial charge in [0.2, 0.25) is 5.91 Å². The van der Waals surface area contributed by atoms with Gasteiger partial charge in [0.25, 0.3) is 5.91 Å². The Bertz CT molecular complexity index is 861. The molecule has 1 heterocycles. The number of hydrogen-bond acceptors (Lipinski definition) is 4. The molecule has 1 fully saturated rings. The molecular formula is C21H24N2O5. The van der Waals surface area contributed by atoms with Gasteiger partial charge in [0.05, 0.1) is 6.61 Å². The lowest BCUT2D eigenvalue weighted by atomic mass is 9.93. The standard InChI is InChI=1S/C21H24N2O5/c24-18(23-19(21(26)27)17-6-3-11-28-13-17)9-10-22-20(25)16-8-7-14-4-1-2-5-15(14)12-16/h1-2,4-5,7-8,12,17,19H,3,6,9-11,13H2,(H,22,25)(H,23,24)(H,26,27). The lowest BCUT2D eigenvalue weighted by molar-refractivity contribution is -0.145. The maximum absolute atomic E-state index is 12.3. The second-order valence-corrected chi connectivity index (χ2v) is 6.93. The van der Waals surface area contributed by atoms with Crippen molar-refractivity contribution in [1.82, 2.24) is 10.6 Å². The molecule has 28 heavy (non-hydrogen) atoms. The first kappa shape index (κ1) is 19.8. The van der Waals surface area contributed by atoms with Crippen LogP contribution in [0.5, 0.6) is 0 Å². The Balaban J connectivity index is 1.49. The molecule has 2 unspecified atom stereocenters. The second kappa shape index (κ2) is 9.32. The average Bonchev–Trinajstić information content (AvgIpc) is 2.72. The van der Waals surface area contributed by atoms with Crippen molar-refractivity contribution in [2.24, 2.45) is 5.92 Å². The molecule has 148 valence electrons. The number of carbonyl (C=O) groups is 3. The number of hydrogen-bond donors (Lipinski definition) is 3. The Morgan fingerprint density at radius 2 is 1.93 bits per heavy atom. The number of aliphatic carboxylic acids is 1. The smallest absolute Gasteiger partial charge is 0.326 e. The summed E-state index contributed by atoms with van der Waals surface area (Å²) in [5, 5.41) is 16.7. The summed E-state index contributed by atoms with van der Waals surface area (Å²) in [5.41, 5.74) is 0.516. The van der Waals surface area contributed by atoms with Gasteiger partial charge in [-0.1, -0.05) is 30.3 Å². The van der Waals surface area contributed by atoms with Crippen LogP contribution in [-0.4, -0.2) is 48.7 Å². The van der Waals surface area contributed by atoms with Crippen molar-refractivity contribution in [2.45, 2.75) is 25.3 Å². The van der Waals surface area contributed by atoms with E-state index in [1.54, 1.807) is 12.1 Å². The minimum atomic E-state index is -1.07. The largest absolute Gasteiger partial charge is 0.480 e. The van der Waals surface area contributed by atoms with Crippen LogP contribution in [0.4, 0.5) is 0 Å². The van der Waals surface area contributed by atoms with Crippen molar-refractivity contribution in [3.63, 3.8) is 0 Å². The molecule has 7 nitrogen and oxygen atoms in total. The molecular weight excluding hydrogens is 360 g/mol. The summed E-state index contributed by atoms with van der Waals surface area (Å²) in [6.07, 6.45) is 1.50. The summed E-state index contributed by atoms with van der Waals surface area (Å²) in [5.74, 6) is -1.97. The van der Waals surface area contributed by atoms with Gasteiger partial charge < -0.3 is 20.5 Å². The third kappa shape index (κ3) is 5.07. The summed E-state index contributed by atoms with van der Waals surface area (Å²) in [4.78, 5) is 35.9. The number of benzene rings is 2. The maximum Gasteiger partial charge on any atom is 0.326 e. The van der Waals surface area contributed by atoms with Crippen LogP contribution in [-0.2, 0) is 14.3 Å². The molecule has 1 saturated heterocycles. The molecule has 0 spiro atoms. The number of ether oxygens (including phenoxy) is 1. The van der Waals surface area contributed by atoms with E-state index in [-0.39, 0.29) is 24.8 Å². The minimum absolute atomic E-state index is 0.0106. The van der Waals surface area contributed by atoms with Crippen molar-refractivity contribution >= 4 is 28.6 Å². The first-order chi connectivity index (χ1) is 13.5. The highest BCUT2D eigenvalue weighted by Crippen LogP contribution is 2.18. The van der Waals surface area contributed by atoms with Crippen LogP contribution in [0.15, 0.2) is 42.5 Å². The van der Waals surface area contributed by atoms with Gasteiger partial charge >= 0.3 is 5.97 Å². The Hall–Kier alpha value is -2.93. The highest BCUT2D eigenvalue weighted by molar-refractivity contribution is 5.98. The molecule has 0 radical (unpaired) electrons. The Morgan fingerprint density at radius 3 is 2.64 bits per heavy atom. The van der Waals surface area contributed by atoms with Gasteiger partial charge in [0, 0.05) is 31.1 Å². The van der Waals surface area contributed by atoms with Crippen LogP contribution >= 0.6 is 0 Å². The fraction of sp³-hybridized carbons (Fsp3) is 0.381. The molecule has 2 amide bonds. The van der Waals surface area contributed by atoms with E-state index in [1.807, 2.05) is 30.3 Å².